The van der Waals surface area contributed by atoms with Gasteiger partial charge in [0.25, 0.3) is 5.91 Å². The highest BCUT2D eigenvalue weighted by Gasteiger charge is 2.34. The number of carbonyl (C=O) groups is 1. The maximum atomic E-state index is 13.4. The van der Waals surface area contributed by atoms with Crippen LogP contribution in [0, 0.1) is 0 Å². The van der Waals surface area contributed by atoms with Gasteiger partial charge in [-0.25, -0.2) is 14.6 Å². The summed E-state index contributed by atoms with van der Waals surface area (Å²) in [5.41, 5.74) is -0.256. The van der Waals surface area contributed by atoms with Crippen molar-refractivity contribution in [1.29, 1.82) is 0 Å². The van der Waals surface area contributed by atoms with Crippen LogP contribution in [0.15, 0.2) is 48.7 Å². The zero-order chi connectivity index (χ0) is 27.0. The second kappa shape index (κ2) is 10.6. The molecular formula is C25H20Cl3F3N6O. The van der Waals surface area contributed by atoms with E-state index < -0.39 is 11.9 Å². The van der Waals surface area contributed by atoms with Crippen LogP contribution < -0.4 is 10.6 Å². The SMILES string of the molecule is O=C(N[C@H]1CC[C@@H](Nc2cc(C(F)(F)F)nc3ccc(Cl)cc23)CC1)c1cc(Cl)nn1-c1ncccc1Cl. The summed E-state index contributed by atoms with van der Waals surface area (Å²) in [7, 11) is 0. The van der Waals surface area contributed by atoms with Crippen LogP contribution in [0.25, 0.3) is 16.7 Å². The molecule has 1 fully saturated rings. The van der Waals surface area contributed by atoms with Crippen molar-refractivity contribution in [2.24, 2.45) is 0 Å². The van der Waals surface area contributed by atoms with Gasteiger partial charge >= 0.3 is 6.18 Å². The van der Waals surface area contributed by atoms with Crippen LogP contribution in [0.3, 0.4) is 0 Å². The van der Waals surface area contributed by atoms with Crippen molar-refractivity contribution in [1.82, 2.24) is 25.1 Å². The predicted molar refractivity (Wildman–Crippen MR) is 140 cm³/mol. The molecule has 1 saturated carbocycles. The Morgan fingerprint density at radius 1 is 1.00 bits per heavy atom. The van der Waals surface area contributed by atoms with Gasteiger partial charge in [0.2, 0.25) is 0 Å². The molecule has 1 aliphatic rings. The van der Waals surface area contributed by atoms with E-state index in [4.69, 9.17) is 34.8 Å². The molecule has 0 atom stereocenters. The minimum atomic E-state index is -4.58. The van der Waals surface area contributed by atoms with Crippen molar-refractivity contribution in [3.8, 4) is 5.82 Å². The van der Waals surface area contributed by atoms with Crippen LogP contribution in [0.1, 0.15) is 41.9 Å². The number of hydrogen-bond acceptors (Lipinski definition) is 5. The average molecular weight is 584 g/mol. The summed E-state index contributed by atoms with van der Waals surface area (Å²) < 4.78 is 41.6. The van der Waals surface area contributed by atoms with E-state index in [1.807, 2.05) is 0 Å². The van der Waals surface area contributed by atoms with Gasteiger partial charge in [-0.3, -0.25) is 4.79 Å². The molecule has 4 aromatic rings. The molecule has 0 spiro atoms. The number of hydrogen-bond donors (Lipinski definition) is 2. The van der Waals surface area contributed by atoms with E-state index in [0.29, 0.717) is 46.8 Å². The molecule has 3 heterocycles. The second-order valence-electron chi connectivity index (χ2n) is 8.95. The van der Waals surface area contributed by atoms with Crippen molar-refractivity contribution >= 4 is 57.3 Å². The number of nitrogens with one attached hydrogen (secondary N) is 2. The van der Waals surface area contributed by atoms with E-state index in [1.54, 1.807) is 18.2 Å². The summed E-state index contributed by atoms with van der Waals surface area (Å²) in [5, 5.41) is 11.7. The molecule has 1 amide bonds. The van der Waals surface area contributed by atoms with Gasteiger partial charge in [-0.15, -0.1) is 0 Å². The molecule has 7 nitrogen and oxygen atoms in total. The molecule has 38 heavy (non-hydrogen) atoms. The first-order valence-corrected chi connectivity index (χ1v) is 12.8. The van der Waals surface area contributed by atoms with Crippen molar-refractivity contribution in [2.75, 3.05) is 5.32 Å². The predicted octanol–water partition coefficient (Wildman–Crippen LogP) is 6.95. The van der Waals surface area contributed by atoms with Gasteiger partial charge in [-0.1, -0.05) is 34.8 Å². The fraction of sp³-hybridized carbons (Fsp3) is 0.280. The minimum Gasteiger partial charge on any atom is -0.382 e. The third-order valence-electron chi connectivity index (χ3n) is 6.34. The monoisotopic (exact) mass is 582 g/mol. The number of nitrogens with zero attached hydrogens (tertiary/aromatic N) is 4. The summed E-state index contributed by atoms with van der Waals surface area (Å²) in [5.74, 6) is -0.103. The summed E-state index contributed by atoms with van der Waals surface area (Å²) in [6.07, 6.45) is -0.561. The van der Waals surface area contributed by atoms with Gasteiger partial charge in [0.05, 0.1) is 10.5 Å². The van der Waals surface area contributed by atoms with E-state index >= 15 is 0 Å². The van der Waals surface area contributed by atoms with E-state index in [9.17, 15) is 18.0 Å². The quantitative estimate of drug-likeness (QED) is 0.266. The Morgan fingerprint density at radius 3 is 2.45 bits per heavy atom. The third kappa shape index (κ3) is 5.67. The summed E-state index contributed by atoms with van der Waals surface area (Å²) in [6, 6.07) is 10.1. The molecule has 5 rings (SSSR count). The molecule has 1 aromatic carbocycles. The lowest BCUT2D eigenvalue weighted by Gasteiger charge is -2.30. The Kier molecular flexibility index (Phi) is 7.39. The zero-order valence-corrected chi connectivity index (χ0v) is 21.8. The molecule has 13 heteroatoms. The number of benzene rings is 1. The Morgan fingerprint density at radius 2 is 1.74 bits per heavy atom. The van der Waals surface area contributed by atoms with Gasteiger partial charge in [-0.2, -0.15) is 18.3 Å². The Balaban J connectivity index is 1.28. The van der Waals surface area contributed by atoms with Crippen LogP contribution in [-0.4, -0.2) is 37.7 Å². The van der Waals surface area contributed by atoms with Gasteiger partial charge in [0.1, 0.15) is 11.4 Å². The molecule has 0 radical (unpaired) electrons. The van der Waals surface area contributed by atoms with Gasteiger partial charge in [0, 0.05) is 40.4 Å². The number of amides is 1. The summed E-state index contributed by atoms with van der Waals surface area (Å²) in [6.45, 7) is 0. The summed E-state index contributed by atoms with van der Waals surface area (Å²) in [4.78, 5) is 21.0. The Hall–Kier alpha value is -3.08. The fourth-order valence-electron chi connectivity index (χ4n) is 4.53. The number of rotatable bonds is 5. The normalized spacial score (nSPS) is 17.9. The Bertz CT molecular complexity index is 1500. The van der Waals surface area contributed by atoms with Crippen molar-refractivity contribution in [2.45, 2.75) is 43.9 Å². The van der Waals surface area contributed by atoms with Crippen molar-refractivity contribution < 1.29 is 18.0 Å². The number of pyridine rings is 2. The maximum absolute atomic E-state index is 13.4. The third-order valence-corrected chi connectivity index (χ3v) is 7.05. The second-order valence-corrected chi connectivity index (χ2v) is 10.2. The first-order valence-electron chi connectivity index (χ1n) is 11.7. The highest BCUT2D eigenvalue weighted by Crippen LogP contribution is 2.35. The molecule has 0 saturated heterocycles. The number of aromatic nitrogens is 4. The van der Waals surface area contributed by atoms with Crippen LogP contribution in [0.2, 0.25) is 15.2 Å². The van der Waals surface area contributed by atoms with Crippen molar-refractivity contribution in [3.63, 3.8) is 0 Å². The van der Waals surface area contributed by atoms with E-state index in [-0.39, 0.29) is 40.2 Å². The number of halogens is 6. The summed E-state index contributed by atoms with van der Waals surface area (Å²) >= 11 is 18.4. The van der Waals surface area contributed by atoms with E-state index in [2.05, 4.69) is 25.7 Å². The minimum absolute atomic E-state index is 0.0962. The van der Waals surface area contributed by atoms with E-state index in [0.717, 1.165) is 6.07 Å². The van der Waals surface area contributed by atoms with Crippen LogP contribution in [0.5, 0.6) is 0 Å². The molecule has 198 valence electrons. The Labute approximate surface area is 230 Å². The van der Waals surface area contributed by atoms with E-state index in [1.165, 1.54) is 29.1 Å². The number of alkyl halides is 3. The number of anilines is 1. The lowest BCUT2D eigenvalue weighted by Crippen LogP contribution is -2.40. The smallest absolute Gasteiger partial charge is 0.382 e. The molecule has 0 unspecified atom stereocenters. The topological polar surface area (TPSA) is 84.7 Å². The molecule has 0 aliphatic heterocycles. The van der Waals surface area contributed by atoms with Gasteiger partial charge in [-0.05, 0) is 62.1 Å². The van der Waals surface area contributed by atoms with Gasteiger partial charge < -0.3 is 10.6 Å². The highest BCUT2D eigenvalue weighted by molar-refractivity contribution is 6.32. The van der Waals surface area contributed by atoms with Crippen molar-refractivity contribution in [3.05, 3.63) is 75.2 Å². The standard InChI is InChI=1S/C25H20Cl3F3N6O/c26-13-3-8-18-16(10-13)19(11-21(35-18)25(29,30)31)33-14-4-6-15(7-5-14)34-24(38)20-12-22(28)36-37(20)23-17(27)2-1-9-32-23/h1-3,8-12,14-15H,4-7H2,(H,33,35)(H,34,38)/t14-,15+. The largest absolute Gasteiger partial charge is 0.433 e. The molecular weight excluding hydrogens is 564 g/mol. The lowest BCUT2D eigenvalue weighted by molar-refractivity contribution is -0.140. The van der Waals surface area contributed by atoms with Gasteiger partial charge in [0.15, 0.2) is 11.0 Å². The molecule has 2 N–H and O–H groups in total. The van der Waals surface area contributed by atoms with Crippen LogP contribution in [0.4, 0.5) is 18.9 Å². The molecule has 1 aliphatic carbocycles. The van der Waals surface area contributed by atoms with Crippen LogP contribution >= 0.6 is 34.8 Å². The average Bonchev–Trinajstić information content (AvgIpc) is 3.26. The molecule has 0 bridgehead atoms. The first kappa shape index (κ1) is 26.5. The first-order chi connectivity index (χ1) is 18.1. The highest BCUT2D eigenvalue weighted by atomic mass is 35.5. The van der Waals surface area contributed by atoms with Crippen LogP contribution in [-0.2, 0) is 6.18 Å². The number of carbonyl (C=O) groups excluding carboxylic acids is 1. The lowest BCUT2D eigenvalue weighted by atomic mass is 9.90. The molecule has 3 aromatic heterocycles. The maximum Gasteiger partial charge on any atom is 0.433 e. The fourth-order valence-corrected chi connectivity index (χ4v) is 5.09. The number of fused-ring (bicyclic) bond motifs is 1. The zero-order valence-electron chi connectivity index (χ0n) is 19.6.